The summed E-state index contributed by atoms with van der Waals surface area (Å²) in [4.78, 5) is 23.2. The van der Waals surface area contributed by atoms with E-state index < -0.39 is 0 Å². The summed E-state index contributed by atoms with van der Waals surface area (Å²) in [7, 11) is 0. The molecule has 1 aromatic carbocycles. The fourth-order valence-electron chi connectivity index (χ4n) is 2.78. The standard InChI is InChI=1S/C17H20N4O/c1-13-6-2-3-8-15(13)20-16(22)14-7-4-11-21(12-14)17-18-9-5-10-19-17/h2-3,5-6,8-10,14H,4,7,11-12H2,1H3,(H,20,22)/t14-/m1/s1. The van der Waals surface area contributed by atoms with Crippen LogP contribution < -0.4 is 10.2 Å². The van der Waals surface area contributed by atoms with Crippen LogP contribution in [-0.4, -0.2) is 29.0 Å². The minimum absolute atomic E-state index is 0.0304. The molecule has 5 heteroatoms. The summed E-state index contributed by atoms with van der Waals surface area (Å²) in [6.45, 7) is 3.57. The topological polar surface area (TPSA) is 58.1 Å². The van der Waals surface area contributed by atoms with Crippen molar-refractivity contribution < 1.29 is 4.79 Å². The molecule has 1 aromatic heterocycles. The third-order valence-electron chi connectivity index (χ3n) is 4.03. The van der Waals surface area contributed by atoms with Gasteiger partial charge in [0.25, 0.3) is 0 Å². The van der Waals surface area contributed by atoms with E-state index in [4.69, 9.17) is 0 Å². The number of hydrogen-bond acceptors (Lipinski definition) is 4. The first-order valence-corrected chi connectivity index (χ1v) is 7.62. The zero-order chi connectivity index (χ0) is 15.4. The first kappa shape index (κ1) is 14.5. The second-order valence-electron chi connectivity index (χ2n) is 5.64. The summed E-state index contributed by atoms with van der Waals surface area (Å²) < 4.78 is 0. The number of rotatable bonds is 3. The summed E-state index contributed by atoms with van der Waals surface area (Å²) in [6, 6.07) is 9.65. The SMILES string of the molecule is Cc1ccccc1NC(=O)[C@@H]1CCCN(c2ncccn2)C1. The molecule has 1 aliphatic rings. The van der Waals surface area contributed by atoms with Gasteiger partial charge in [0, 0.05) is 31.2 Å². The van der Waals surface area contributed by atoms with E-state index in [0.29, 0.717) is 12.5 Å². The van der Waals surface area contributed by atoms with E-state index in [1.807, 2.05) is 31.2 Å². The number of nitrogens with zero attached hydrogens (tertiary/aromatic N) is 3. The fraction of sp³-hybridized carbons (Fsp3) is 0.353. The van der Waals surface area contributed by atoms with Crippen LogP contribution in [-0.2, 0) is 4.79 Å². The van der Waals surface area contributed by atoms with Gasteiger partial charge < -0.3 is 10.2 Å². The molecule has 0 radical (unpaired) electrons. The molecule has 3 rings (SSSR count). The normalized spacial score (nSPS) is 18.0. The van der Waals surface area contributed by atoms with Crippen LogP contribution >= 0.6 is 0 Å². The maximum atomic E-state index is 12.5. The van der Waals surface area contributed by atoms with Gasteiger partial charge in [0.2, 0.25) is 11.9 Å². The van der Waals surface area contributed by atoms with E-state index in [-0.39, 0.29) is 11.8 Å². The van der Waals surface area contributed by atoms with Gasteiger partial charge in [0.1, 0.15) is 0 Å². The molecular formula is C17H20N4O. The van der Waals surface area contributed by atoms with Gasteiger partial charge in [0.15, 0.2) is 0 Å². The number of piperidine rings is 1. The first-order valence-electron chi connectivity index (χ1n) is 7.62. The highest BCUT2D eigenvalue weighted by atomic mass is 16.1. The summed E-state index contributed by atoms with van der Waals surface area (Å²) in [5, 5.41) is 3.05. The van der Waals surface area contributed by atoms with E-state index in [0.717, 1.165) is 30.6 Å². The summed E-state index contributed by atoms with van der Waals surface area (Å²) in [5.74, 6) is 0.753. The van der Waals surface area contributed by atoms with Gasteiger partial charge in [-0.3, -0.25) is 4.79 Å². The quantitative estimate of drug-likeness (QED) is 0.946. The molecule has 0 aliphatic carbocycles. The summed E-state index contributed by atoms with van der Waals surface area (Å²) in [6.07, 6.45) is 5.35. The number of nitrogens with one attached hydrogen (secondary N) is 1. The lowest BCUT2D eigenvalue weighted by atomic mass is 9.97. The van der Waals surface area contributed by atoms with Gasteiger partial charge in [-0.15, -0.1) is 0 Å². The highest BCUT2D eigenvalue weighted by Gasteiger charge is 2.27. The summed E-state index contributed by atoms with van der Waals surface area (Å²) >= 11 is 0. The first-order chi connectivity index (χ1) is 10.7. The Hall–Kier alpha value is -2.43. The van der Waals surface area contributed by atoms with Crippen molar-refractivity contribution in [2.45, 2.75) is 19.8 Å². The third kappa shape index (κ3) is 3.24. The largest absolute Gasteiger partial charge is 0.340 e. The van der Waals surface area contributed by atoms with Crippen molar-refractivity contribution in [3.8, 4) is 0 Å². The molecule has 1 saturated heterocycles. The maximum Gasteiger partial charge on any atom is 0.229 e. The van der Waals surface area contributed by atoms with Crippen LogP contribution in [0.2, 0.25) is 0 Å². The summed E-state index contributed by atoms with van der Waals surface area (Å²) in [5.41, 5.74) is 1.97. The van der Waals surface area contributed by atoms with Crippen molar-refractivity contribution >= 4 is 17.5 Å². The van der Waals surface area contributed by atoms with Gasteiger partial charge >= 0.3 is 0 Å². The van der Waals surface area contributed by atoms with Gasteiger partial charge in [-0.25, -0.2) is 9.97 Å². The molecule has 0 bridgehead atoms. The molecule has 2 aromatic rings. The Bertz CT molecular complexity index is 644. The molecule has 1 fully saturated rings. The number of aromatic nitrogens is 2. The number of benzene rings is 1. The highest BCUT2D eigenvalue weighted by Crippen LogP contribution is 2.22. The smallest absolute Gasteiger partial charge is 0.229 e. The fourth-order valence-corrected chi connectivity index (χ4v) is 2.78. The molecule has 0 saturated carbocycles. The average Bonchev–Trinajstić information content (AvgIpc) is 2.58. The molecule has 1 aliphatic heterocycles. The van der Waals surface area contributed by atoms with Crippen molar-refractivity contribution in [2.75, 3.05) is 23.3 Å². The predicted molar refractivity (Wildman–Crippen MR) is 86.8 cm³/mol. The number of carbonyl (C=O) groups is 1. The number of amides is 1. The van der Waals surface area contributed by atoms with Crippen LogP contribution in [0.5, 0.6) is 0 Å². The minimum Gasteiger partial charge on any atom is -0.340 e. The highest BCUT2D eigenvalue weighted by molar-refractivity contribution is 5.93. The van der Waals surface area contributed by atoms with Crippen LogP contribution in [0.15, 0.2) is 42.7 Å². The number of aryl methyl sites for hydroxylation is 1. The van der Waals surface area contributed by atoms with Crippen molar-refractivity contribution in [1.82, 2.24) is 9.97 Å². The van der Waals surface area contributed by atoms with Crippen molar-refractivity contribution in [1.29, 1.82) is 0 Å². The van der Waals surface area contributed by atoms with Crippen LogP contribution in [0.4, 0.5) is 11.6 Å². The average molecular weight is 296 g/mol. The molecule has 5 nitrogen and oxygen atoms in total. The molecule has 22 heavy (non-hydrogen) atoms. The Labute approximate surface area is 130 Å². The van der Waals surface area contributed by atoms with E-state index in [9.17, 15) is 4.79 Å². The molecular weight excluding hydrogens is 276 g/mol. The van der Waals surface area contributed by atoms with Crippen molar-refractivity contribution in [2.24, 2.45) is 5.92 Å². The van der Waals surface area contributed by atoms with Crippen LogP contribution in [0.1, 0.15) is 18.4 Å². The molecule has 114 valence electrons. The Balaban J connectivity index is 1.67. The van der Waals surface area contributed by atoms with Gasteiger partial charge in [-0.1, -0.05) is 18.2 Å². The monoisotopic (exact) mass is 296 g/mol. The second kappa shape index (κ2) is 6.56. The number of para-hydroxylation sites is 1. The lowest BCUT2D eigenvalue weighted by Gasteiger charge is -2.32. The third-order valence-corrected chi connectivity index (χ3v) is 4.03. The maximum absolute atomic E-state index is 12.5. The molecule has 2 heterocycles. The Morgan fingerprint density at radius 2 is 2.00 bits per heavy atom. The van der Waals surface area contributed by atoms with Crippen LogP contribution in [0.25, 0.3) is 0 Å². The molecule has 1 amide bonds. The zero-order valence-corrected chi connectivity index (χ0v) is 12.7. The molecule has 1 atom stereocenters. The van der Waals surface area contributed by atoms with E-state index in [2.05, 4.69) is 20.2 Å². The number of anilines is 2. The van der Waals surface area contributed by atoms with Crippen molar-refractivity contribution in [3.63, 3.8) is 0 Å². The Morgan fingerprint density at radius 1 is 1.23 bits per heavy atom. The minimum atomic E-state index is -0.0304. The Morgan fingerprint density at radius 3 is 2.77 bits per heavy atom. The molecule has 0 unspecified atom stereocenters. The van der Waals surface area contributed by atoms with Gasteiger partial charge in [-0.2, -0.15) is 0 Å². The van der Waals surface area contributed by atoms with Gasteiger partial charge in [0.05, 0.1) is 5.92 Å². The Kier molecular flexibility index (Phi) is 4.32. The van der Waals surface area contributed by atoms with E-state index in [1.54, 1.807) is 18.5 Å². The van der Waals surface area contributed by atoms with Crippen LogP contribution in [0, 0.1) is 12.8 Å². The zero-order valence-electron chi connectivity index (χ0n) is 12.7. The van der Waals surface area contributed by atoms with Crippen LogP contribution in [0.3, 0.4) is 0 Å². The van der Waals surface area contributed by atoms with Crippen molar-refractivity contribution in [3.05, 3.63) is 48.3 Å². The number of carbonyl (C=O) groups excluding carboxylic acids is 1. The lowest BCUT2D eigenvalue weighted by Crippen LogP contribution is -2.41. The second-order valence-corrected chi connectivity index (χ2v) is 5.64. The lowest BCUT2D eigenvalue weighted by molar-refractivity contribution is -0.120. The molecule has 1 N–H and O–H groups in total. The van der Waals surface area contributed by atoms with E-state index >= 15 is 0 Å². The number of hydrogen-bond donors (Lipinski definition) is 1. The predicted octanol–water partition coefficient (Wildman–Crippen LogP) is 2.64. The van der Waals surface area contributed by atoms with E-state index in [1.165, 1.54) is 0 Å². The molecule has 0 spiro atoms. The van der Waals surface area contributed by atoms with Gasteiger partial charge in [-0.05, 0) is 37.5 Å².